The van der Waals surface area contributed by atoms with Crippen LogP contribution in [0.4, 0.5) is 5.69 Å². The van der Waals surface area contributed by atoms with Crippen LogP contribution in [0.2, 0.25) is 0 Å². The monoisotopic (exact) mass is 487 g/mol. The number of esters is 1. The Kier molecular flexibility index (Phi) is 8.56. The second kappa shape index (κ2) is 11.6. The highest BCUT2D eigenvalue weighted by Crippen LogP contribution is 2.41. The Balaban J connectivity index is 1.89. The summed E-state index contributed by atoms with van der Waals surface area (Å²) in [6.45, 7) is 11.4. The van der Waals surface area contributed by atoms with Gasteiger partial charge in [0.05, 0.1) is 33.9 Å². The smallest absolute Gasteiger partial charge is 0.337 e. The lowest BCUT2D eigenvalue weighted by atomic mass is 9.82. The number of carbonyl (C=O) groups excluding carboxylic acids is 2. The highest BCUT2D eigenvalue weighted by molar-refractivity contribution is 8.03. The predicted octanol–water partition coefficient (Wildman–Crippen LogP) is 5.41. The minimum absolute atomic E-state index is 0.0715. The molecule has 0 saturated carbocycles. The van der Waals surface area contributed by atoms with Crippen molar-refractivity contribution in [2.24, 2.45) is 0 Å². The van der Waals surface area contributed by atoms with Gasteiger partial charge < -0.3 is 15.4 Å². The minimum atomic E-state index is -0.607. The number of carbonyl (C=O) groups is 2. The first-order chi connectivity index (χ1) is 16.7. The number of rotatable bonds is 8. The average molecular weight is 488 g/mol. The molecule has 0 fully saturated rings. The van der Waals surface area contributed by atoms with E-state index in [9.17, 15) is 14.9 Å². The molecule has 0 aromatic heterocycles. The fourth-order valence-electron chi connectivity index (χ4n) is 3.88. The summed E-state index contributed by atoms with van der Waals surface area (Å²) in [6.07, 6.45) is 1.50. The molecule has 7 heteroatoms. The van der Waals surface area contributed by atoms with E-state index >= 15 is 0 Å². The Hall–Kier alpha value is -3.76. The van der Waals surface area contributed by atoms with Crippen molar-refractivity contribution < 1.29 is 14.3 Å². The molecular formula is C28H29N3O3S. The van der Waals surface area contributed by atoms with E-state index in [0.717, 1.165) is 27.9 Å². The number of dihydropyridines is 1. The Bertz CT molecular complexity index is 1250. The van der Waals surface area contributed by atoms with Crippen molar-refractivity contribution in [2.45, 2.75) is 33.6 Å². The first kappa shape index (κ1) is 25.9. The zero-order chi connectivity index (χ0) is 25.5. The Labute approximate surface area is 210 Å². The van der Waals surface area contributed by atoms with E-state index in [4.69, 9.17) is 4.74 Å². The first-order valence-corrected chi connectivity index (χ1v) is 12.2. The summed E-state index contributed by atoms with van der Waals surface area (Å²) in [7, 11) is 0. The Morgan fingerprint density at radius 1 is 1.14 bits per heavy atom. The van der Waals surface area contributed by atoms with Gasteiger partial charge in [0, 0.05) is 11.4 Å². The lowest BCUT2D eigenvalue weighted by Gasteiger charge is -2.29. The Morgan fingerprint density at radius 3 is 2.46 bits per heavy atom. The van der Waals surface area contributed by atoms with Gasteiger partial charge >= 0.3 is 5.97 Å². The average Bonchev–Trinajstić information content (AvgIpc) is 2.83. The van der Waals surface area contributed by atoms with E-state index in [1.165, 1.54) is 17.8 Å². The van der Waals surface area contributed by atoms with Gasteiger partial charge in [-0.25, -0.2) is 4.79 Å². The van der Waals surface area contributed by atoms with Crippen molar-refractivity contribution in [3.05, 3.63) is 99.2 Å². The van der Waals surface area contributed by atoms with E-state index in [-0.39, 0.29) is 18.3 Å². The van der Waals surface area contributed by atoms with Crippen LogP contribution in [0.5, 0.6) is 0 Å². The van der Waals surface area contributed by atoms with Crippen molar-refractivity contribution in [1.29, 1.82) is 5.26 Å². The van der Waals surface area contributed by atoms with Gasteiger partial charge in [0.1, 0.15) is 6.61 Å². The van der Waals surface area contributed by atoms with Gasteiger partial charge in [0.15, 0.2) is 0 Å². The molecule has 2 aromatic rings. The zero-order valence-electron chi connectivity index (χ0n) is 20.4. The van der Waals surface area contributed by atoms with Crippen LogP contribution in [0.25, 0.3) is 0 Å². The molecule has 35 heavy (non-hydrogen) atoms. The topological polar surface area (TPSA) is 91.2 Å². The molecule has 1 atom stereocenters. The molecule has 2 N–H and O–H groups in total. The maximum absolute atomic E-state index is 12.9. The maximum atomic E-state index is 12.9. The van der Waals surface area contributed by atoms with Crippen molar-refractivity contribution in [3.63, 3.8) is 0 Å². The fourth-order valence-corrected chi connectivity index (χ4v) is 4.77. The summed E-state index contributed by atoms with van der Waals surface area (Å²) in [4.78, 5) is 25.6. The number of amides is 1. The zero-order valence-corrected chi connectivity index (χ0v) is 21.2. The third kappa shape index (κ3) is 6.23. The van der Waals surface area contributed by atoms with Crippen molar-refractivity contribution >= 4 is 29.3 Å². The number of thioether (sulfide) groups is 1. The molecule has 1 aliphatic rings. The van der Waals surface area contributed by atoms with E-state index in [1.54, 1.807) is 6.92 Å². The predicted molar refractivity (Wildman–Crippen MR) is 141 cm³/mol. The van der Waals surface area contributed by atoms with Crippen LogP contribution in [0.15, 0.2) is 77.0 Å². The number of allylic oxidation sites excluding steroid dienone is 2. The van der Waals surface area contributed by atoms with Crippen molar-refractivity contribution in [1.82, 2.24) is 5.32 Å². The molecule has 2 aromatic carbocycles. The number of nitriles is 1. The summed E-state index contributed by atoms with van der Waals surface area (Å²) in [5.74, 6) is -1.20. The van der Waals surface area contributed by atoms with Crippen LogP contribution in [-0.4, -0.2) is 24.2 Å². The molecule has 0 spiro atoms. The summed E-state index contributed by atoms with van der Waals surface area (Å²) in [5, 5.41) is 16.8. The maximum Gasteiger partial charge on any atom is 0.337 e. The van der Waals surface area contributed by atoms with Crippen LogP contribution < -0.4 is 10.6 Å². The third-order valence-electron chi connectivity index (χ3n) is 5.61. The van der Waals surface area contributed by atoms with Gasteiger partial charge in [-0.15, -0.1) is 0 Å². The molecular weight excluding hydrogens is 458 g/mol. The summed E-state index contributed by atoms with van der Waals surface area (Å²) in [5.41, 5.74) is 6.06. The van der Waals surface area contributed by atoms with Gasteiger partial charge in [-0.3, -0.25) is 4.79 Å². The first-order valence-electron chi connectivity index (χ1n) is 11.2. The number of hydrogen-bond acceptors (Lipinski definition) is 6. The van der Waals surface area contributed by atoms with E-state index in [0.29, 0.717) is 21.9 Å². The standard InChI is InChI=1S/C28H29N3O3S/c1-6-13-34-28(33)25-20(5)30-27(22(15-29)26(25)21-10-7-17(2)8-11-21)35-16-24(32)31-23-12-9-18(3)14-19(23)4/h6-12,14,26,30H,1,13,16H2,2-5H3,(H,31,32)/t26-/m1/s1. The molecule has 0 saturated heterocycles. The van der Waals surface area contributed by atoms with Crippen LogP contribution in [-0.2, 0) is 14.3 Å². The second-order valence-electron chi connectivity index (χ2n) is 8.40. The number of aryl methyl sites for hydroxylation is 3. The minimum Gasteiger partial charge on any atom is -0.458 e. The normalized spacial score (nSPS) is 15.2. The number of benzene rings is 2. The second-order valence-corrected chi connectivity index (χ2v) is 9.39. The molecule has 1 amide bonds. The summed E-state index contributed by atoms with van der Waals surface area (Å²) >= 11 is 1.23. The number of anilines is 1. The summed E-state index contributed by atoms with van der Waals surface area (Å²) in [6, 6.07) is 15.8. The third-order valence-corrected chi connectivity index (χ3v) is 6.63. The number of ether oxygens (including phenoxy) is 1. The van der Waals surface area contributed by atoms with Gasteiger partial charge in [-0.2, -0.15) is 5.26 Å². The molecule has 0 aliphatic carbocycles. The highest BCUT2D eigenvalue weighted by atomic mass is 32.2. The molecule has 6 nitrogen and oxygen atoms in total. The molecule has 0 bridgehead atoms. The summed E-state index contributed by atoms with van der Waals surface area (Å²) < 4.78 is 5.33. The van der Waals surface area contributed by atoms with E-state index in [1.807, 2.05) is 63.2 Å². The van der Waals surface area contributed by atoms with Crippen molar-refractivity contribution in [2.75, 3.05) is 17.7 Å². The van der Waals surface area contributed by atoms with E-state index < -0.39 is 11.9 Å². The molecule has 1 aliphatic heterocycles. The molecule has 1 heterocycles. The van der Waals surface area contributed by atoms with Gasteiger partial charge in [-0.05, 0) is 44.9 Å². The molecule has 180 valence electrons. The highest BCUT2D eigenvalue weighted by Gasteiger charge is 2.35. The SMILES string of the molecule is C=CCOC(=O)C1=C(C)NC(SCC(=O)Nc2ccc(C)cc2C)=C(C#N)[C@H]1c1ccc(C)cc1. The van der Waals surface area contributed by atoms with Crippen LogP contribution >= 0.6 is 11.8 Å². The molecule has 0 radical (unpaired) electrons. The molecule has 3 rings (SSSR count). The van der Waals surface area contributed by atoms with Gasteiger partial charge in [0.25, 0.3) is 0 Å². The number of nitrogens with zero attached hydrogens (tertiary/aromatic N) is 1. The van der Waals surface area contributed by atoms with Gasteiger partial charge in [0.2, 0.25) is 5.91 Å². The largest absolute Gasteiger partial charge is 0.458 e. The van der Waals surface area contributed by atoms with Crippen LogP contribution in [0.1, 0.15) is 35.1 Å². The number of hydrogen-bond donors (Lipinski definition) is 2. The molecule has 0 unspecified atom stereocenters. The lowest BCUT2D eigenvalue weighted by Crippen LogP contribution is -2.29. The fraction of sp³-hybridized carbons (Fsp3) is 0.250. The van der Waals surface area contributed by atoms with Crippen molar-refractivity contribution in [3.8, 4) is 6.07 Å². The Morgan fingerprint density at radius 2 is 1.83 bits per heavy atom. The van der Waals surface area contributed by atoms with Crippen LogP contribution in [0, 0.1) is 32.1 Å². The quantitative estimate of drug-likeness (QED) is 0.382. The van der Waals surface area contributed by atoms with Gasteiger partial charge in [-0.1, -0.05) is 71.9 Å². The lowest BCUT2D eigenvalue weighted by molar-refractivity contribution is -0.138. The number of nitrogens with one attached hydrogen (secondary N) is 2. The van der Waals surface area contributed by atoms with Crippen LogP contribution in [0.3, 0.4) is 0 Å². The van der Waals surface area contributed by atoms with E-state index in [2.05, 4.69) is 23.3 Å².